The number of hydrogen-bond acceptors (Lipinski definition) is 2. The molecule has 2 heterocycles. The molecule has 6 heteroatoms. The molecule has 0 saturated heterocycles. The van der Waals surface area contributed by atoms with Gasteiger partial charge in [0.1, 0.15) is 5.75 Å². The van der Waals surface area contributed by atoms with Crippen LogP contribution in [0.25, 0.3) is 154 Å². The van der Waals surface area contributed by atoms with Crippen LogP contribution < -0.4 is 4.65 Å². The molecule has 1 radical (unpaired) electrons. The van der Waals surface area contributed by atoms with E-state index >= 15 is 0 Å². The Hall–Kier alpha value is -9.98. The normalized spacial score (nSPS) is 11.8. The van der Waals surface area contributed by atoms with E-state index in [4.69, 9.17) is 9.68 Å². The summed E-state index contributed by atoms with van der Waals surface area (Å²) in [6, 6.07) is 99.9. The minimum Gasteiger partial charge on any atom is -0.537 e. The Morgan fingerprint density at radius 2 is 0.707 bits per heavy atom. The third-order valence-electron chi connectivity index (χ3n) is 16.8. The number of halogens is 1. The Morgan fingerprint density at radius 3 is 1.27 bits per heavy atom. The molecule has 4 nitrogen and oxygen atoms in total. The highest BCUT2D eigenvalue weighted by Crippen LogP contribution is 2.51. The molecule has 16 aromatic rings. The van der Waals surface area contributed by atoms with Gasteiger partial charge in [0, 0.05) is 48.2 Å². The number of fused-ring (bicyclic) bond motifs is 16. The minimum atomic E-state index is 0.677. The van der Waals surface area contributed by atoms with Crippen LogP contribution in [0.2, 0.25) is 0 Å². The first kappa shape index (κ1) is 48.0. The first-order valence-electron chi connectivity index (χ1n) is 27.7. The average Bonchev–Trinajstić information content (AvgIpc) is 4.18. The van der Waals surface area contributed by atoms with Gasteiger partial charge in [-0.2, -0.15) is 0 Å². The van der Waals surface area contributed by atoms with E-state index in [0.717, 1.165) is 17.5 Å². The lowest BCUT2D eigenvalue weighted by Gasteiger charge is -2.11. The Balaban J connectivity index is 0.000000110. The minimum absolute atomic E-state index is 0.677. The zero-order valence-electron chi connectivity index (χ0n) is 44.3. The SMILES string of the molecule is Brc1ccc2c(c1)c1c3ccccc3ccc1n2-c1ccccc1.O[B]Oc1ccc2c3c(cccc13)-c1ccccc1-2.c1ccc(-n2c3ccc(-c4ccc5c6c(cccc46)-c4ccccc4-5)cc3c3c4ccccc4ccc32)cc1. The van der Waals surface area contributed by atoms with E-state index in [1.807, 2.05) is 18.2 Å². The van der Waals surface area contributed by atoms with Crippen LogP contribution in [0.4, 0.5) is 0 Å². The first-order chi connectivity index (χ1) is 40.6. The molecular formula is C76H47BBrN2O2. The summed E-state index contributed by atoms with van der Waals surface area (Å²) in [7, 11) is 0.728. The van der Waals surface area contributed by atoms with Crippen molar-refractivity contribution in [3.05, 3.63) is 284 Å². The van der Waals surface area contributed by atoms with Crippen LogP contribution in [-0.2, 0) is 0 Å². The molecule has 0 saturated carbocycles. The van der Waals surface area contributed by atoms with Crippen LogP contribution in [-0.4, -0.2) is 21.8 Å². The second kappa shape index (κ2) is 19.4. The van der Waals surface area contributed by atoms with E-state index in [9.17, 15) is 0 Å². The highest BCUT2D eigenvalue weighted by Gasteiger charge is 2.25. The van der Waals surface area contributed by atoms with Crippen molar-refractivity contribution in [1.82, 2.24) is 9.13 Å². The van der Waals surface area contributed by atoms with Crippen molar-refractivity contribution in [2.45, 2.75) is 0 Å². The Kier molecular flexibility index (Phi) is 11.3. The standard InChI is InChI=1S/C38H23N.C22H14BrN.C16H10BO2/c1-2-10-26(11-3-1)39-35-21-18-25(23-34(35)38-28-12-5-4-9-24(28)17-22-36(38)39)27-19-20-33-30-14-7-6-13-29(30)32-16-8-15-31(27)37(32)33;23-16-11-13-20-19(14-16)22-18-9-5-4-6-15(18)10-12-21(22)24(20)17-7-2-1-3-8-17;18-17-19-15-9-8-13-11-5-2-1-4-10(11)12-6-3-7-14(15)16(12)13/h1-23H;1-14H;1-9,18H. The molecule has 82 heavy (non-hydrogen) atoms. The van der Waals surface area contributed by atoms with Crippen molar-refractivity contribution in [2.24, 2.45) is 0 Å². The third kappa shape index (κ3) is 7.49. The first-order valence-corrected chi connectivity index (χ1v) is 28.5. The lowest BCUT2D eigenvalue weighted by molar-refractivity contribution is 0.457. The maximum Gasteiger partial charge on any atom is 0.569 e. The molecule has 14 aromatic carbocycles. The van der Waals surface area contributed by atoms with Gasteiger partial charge in [-0.3, -0.25) is 0 Å². The Bertz CT molecular complexity index is 5200. The zero-order chi connectivity index (χ0) is 54.4. The van der Waals surface area contributed by atoms with Crippen molar-refractivity contribution in [1.29, 1.82) is 0 Å². The second-order valence-corrected chi connectivity index (χ2v) is 22.1. The molecule has 2 aromatic heterocycles. The van der Waals surface area contributed by atoms with Crippen LogP contribution in [0.5, 0.6) is 5.75 Å². The van der Waals surface area contributed by atoms with E-state index in [1.165, 1.54) is 148 Å². The predicted octanol–water partition coefficient (Wildman–Crippen LogP) is 20.5. The molecule has 18 rings (SSSR count). The molecule has 0 fully saturated rings. The average molecular weight is 1110 g/mol. The second-order valence-electron chi connectivity index (χ2n) is 21.1. The number of para-hydroxylation sites is 2. The van der Waals surface area contributed by atoms with Crippen molar-refractivity contribution < 1.29 is 9.68 Å². The van der Waals surface area contributed by atoms with Gasteiger partial charge in [0.25, 0.3) is 0 Å². The van der Waals surface area contributed by atoms with E-state index in [2.05, 4.69) is 286 Å². The Morgan fingerprint density at radius 1 is 0.293 bits per heavy atom. The van der Waals surface area contributed by atoms with E-state index < -0.39 is 0 Å². The monoisotopic (exact) mass is 1110 g/mol. The van der Waals surface area contributed by atoms with Crippen molar-refractivity contribution in [2.75, 3.05) is 0 Å². The summed E-state index contributed by atoms with van der Waals surface area (Å²) in [4.78, 5) is 0. The number of hydrogen-bond donors (Lipinski definition) is 1. The molecule has 2 aliphatic rings. The molecule has 0 atom stereocenters. The largest absolute Gasteiger partial charge is 0.569 e. The lowest BCUT2D eigenvalue weighted by atomic mass is 9.93. The highest BCUT2D eigenvalue weighted by molar-refractivity contribution is 9.10. The summed E-state index contributed by atoms with van der Waals surface area (Å²) in [5.41, 5.74) is 20.2. The highest BCUT2D eigenvalue weighted by atomic mass is 79.9. The van der Waals surface area contributed by atoms with Gasteiger partial charge in [-0.15, -0.1) is 0 Å². The summed E-state index contributed by atoms with van der Waals surface area (Å²) >= 11 is 3.64. The molecule has 2 aliphatic carbocycles. The zero-order valence-corrected chi connectivity index (χ0v) is 45.8. The fraction of sp³-hybridized carbons (Fsp3) is 0. The number of nitrogens with zero attached hydrogens (tertiary/aromatic N) is 2. The van der Waals surface area contributed by atoms with Crippen molar-refractivity contribution >= 4 is 110 Å². The molecule has 0 bridgehead atoms. The number of rotatable bonds is 5. The third-order valence-corrected chi connectivity index (χ3v) is 17.3. The van der Waals surface area contributed by atoms with Gasteiger partial charge in [0.2, 0.25) is 0 Å². The van der Waals surface area contributed by atoms with Crippen LogP contribution >= 0.6 is 15.9 Å². The molecule has 383 valence electrons. The number of benzene rings is 14. The van der Waals surface area contributed by atoms with Crippen molar-refractivity contribution in [3.8, 4) is 72.8 Å². The molecule has 0 aliphatic heterocycles. The van der Waals surface area contributed by atoms with E-state index in [1.54, 1.807) is 0 Å². The summed E-state index contributed by atoms with van der Waals surface area (Å²) < 4.78 is 11.1. The van der Waals surface area contributed by atoms with Gasteiger partial charge in [-0.1, -0.05) is 222 Å². The Labute approximate surface area is 482 Å². The summed E-state index contributed by atoms with van der Waals surface area (Å²) in [6.45, 7) is 0. The molecule has 0 unspecified atom stereocenters. The molecule has 0 spiro atoms. The van der Waals surface area contributed by atoms with Gasteiger partial charge in [0.15, 0.2) is 0 Å². The van der Waals surface area contributed by atoms with E-state index in [0.29, 0.717) is 5.75 Å². The smallest absolute Gasteiger partial charge is 0.537 e. The fourth-order valence-electron chi connectivity index (χ4n) is 13.4. The summed E-state index contributed by atoms with van der Waals surface area (Å²) in [6.07, 6.45) is 0. The van der Waals surface area contributed by atoms with Crippen molar-refractivity contribution in [3.63, 3.8) is 0 Å². The number of aromatic nitrogens is 2. The quantitative estimate of drug-likeness (QED) is 0.175. The topological polar surface area (TPSA) is 39.3 Å². The summed E-state index contributed by atoms with van der Waals surface area (Å²) in [5.74, 6) is 0.677. The maximum absolute atomic E-state index is 8.86. The van der Waals surface area contributed by atoms with Crippen LogP contribution in [0.15, 0.2) is 284 Å². The molecular weight excluding hydrogens is 1060 g/mol. The fourth-order valence-corrected chi connectivity index (χ4v) is 13.8. The summed E-state index contributed by atoms with van der Waals surface area (Å²) in [5, 5.41) is 24.1. The van der Waals surface area contributed by atoms with Gasteiger partial charge in [-0.05, 0) is 161 Å². The maximum atomic E-state index is 8.86. The van der Waals surface area contributed by atoms with Crippen LogP contribution in [0.3, 0.4) is 0 Å². The van der Waals surface area contributed by atoms with Gasteiger partial charge in [0.05, 0.1) is 22.1 Å². The molecule has 0 amide bonds. The lowest BCUT2D eigenvalue weighted by Crippen LogP contribution is -2.00. The van der Waals surface area contributed by atoms with Gasteiger partial charge in [-0.25, -0.2) is 0 Å². The van der Waals surface area contributed by atoms with Gasteiger partial charge >= 0.3 is 7.69 Å². The molecule has 1 N–H and O–H groups in total. The predicted molar refractivity (Wildman–Crippen MR) is 349 cm³/mol. The van der Waals surface area contributed by atoms with Crippen LogP contribution in [0, 0.1) is 0 Å². The van der Waals surface area contributed by atoms with Crippen LogP contribution in [0.1, 0.15) is 0 Å². The van der Waals surface area contributed by atoms with Gasteiger partial charge < -0.3 is 18.8 Å². The van der Waals surface area contributed by atoms with E-state index in [-0.39, 0.29) is 0 Å².